The van der Waals surface area contributed by atoms with Crippen LogP contribution in [-0.4, -0.2) is 9.78 Å². The Morgan fingerprint density at radius 3 is 2.67 bits per heavy atom. The molecule has 0 spiro atoms. The van der Waals surface area contributed by atoms with Crippen LogP contribution >= 0.6 is 0 Å². The number of rotatable bonds is 2. The van der Waals surface area contributed by atoms with E-state index in [1.165, 1.54) is 0 Å². The zero-order valence-corrected chi connectivity index (χ0v) is 9.01. The van der Waals surface area contributed by atoms with Crippen molar-refractivity contribution in [2.45, 2.75) is 19.9 Å². The maximum Gasteiger partial charge on any atom is 0.0693 e. The smallest absolute Gasteiger partial charge is 0.0693 e. The van der Waals surface area contributed by atoms with Gasteiger partial charge in [-0.3, -0.25) is 0 Å². The van der Waals surface area contributed by atoms with Crippen molar-refractivity contribution >= 4 is 0 Å². The number of nitrogens with zero attached hydrogens (tertiary/aromatic N) is 2. The van der Waals surface area contributed by atoms with Gasteiger partial charge in [-0.1, -0.05) is 18.2 Å². The molecule has 2 rings (SSSR count). The van der Waals surface area contributed by atoms with Crippen molar-refractivity contribution in [1.82, 2.24) is 9.78 Å². The second-order valence-electron chi connectivity index (χ2n) is 3.81. The van der Waals surface area contributed by atoms with Crippen LogP contribution in [0.5, 0.6) is 0 Å². The van der Waals surface area contributed by atoms with Crippen LogP contribution in [0, 0.1) is 6.92 Å². The van der Waals surface area contributed by atoms with Gasteiger partial charge in [-0.25, -0.2) is 4.68 Å². The fourth-order valence-corrected chi connectivity index (χ4v) is 1.63. The van der Waals surface area contributed by atoms with Gasteiger partial charge in [-0.15, -0.1) is 0 Å². The van der Waals surface area contributed by atoms with Gasteiger partial charge in [0.1, 0.15) is 0 Å². The number of aryl methyl sites for hydroxylation is 1. The molecule has 1 unspecified atom stereocenters. The van der Waals surface area contributed by atoms with Crippen molar-refractivity contribution in [3.63, 3.8) is 0 Å². The SMILES string of the molecule is Cc1cnn(-c2ccccc2C(C)N)c1. The summed E-state index contributed by atoms with van der Waals surface area (Å²) in [7, 11) is 0. The Labute approximate surface area is 89.5 Å². The molecule has 3 heteroatoms. The minimum absolute atomic E-state index is 0.0192. The van der Waals surface area contributed by atoms with E-state index in [1.807, 2.05) is 55.2 Å². The van der Waals surface area contributed by atoms with E-state index in [-0.39, 0.29) is 6.04 Å². The van der Waals surface area contributed by atoms with Crippen molar-refractivity contribution in [2.24, 2.45) is 5.73 Å². The Bertz CT molecular complexity index is 457. The Balaban J connectivity index is 2.52. The van der Waals surface area contributed by atoms with E-state index in [1.54, 1.807) is 0 Å². The molecule has 78 valence electrons. The van der Waals surface area contributed by atoms with Gasteiger partial charge in [-0.2, -0.15) is 5.10 Å². The van der Waals surface area contributed by atoms with Gasteiger partial charge in [0.2, 0.25) is 0 Å². The minimum atomic E-state index is 0.0192. The molecule has 0 radical (unpaired) electrons. The topological polar surface area (TPSA) is 43.8 Å². The van der Waals surface area contributed by atoms with Crippen LogP contribution in [0.4, 0.5) is 0 Å². The summed E-state index contributed by atoms with van der Waals surface area (Å²) in [5.74, 6) is 0. The summed E-state index contributed by atoms with van der Waals surface area (Å²) >= 11 is 0. The molecule has 0 aliphatic rings. The summed E-state index contributed by atoms with van der Waals surface area (Å²) in [6.07, 6.45) is 3.85. The Morgan fingerprint density at radius 2 is 2.07 bits per heavy atom. The van der Waals surface area contributed by atoms with E-state index in [0.29, 0.717) is 0 Å². The molecule has 1 aromatic heterocycles. The van der Waals surface area contributed by atoms with Crippen LogP contribution in [0.25, 0.3) is 5.69 Å². The summed E-state index contributed by atoms with van der Waals surface area (Å²) in [6, 6.07) is 8.09. The van der Waals surface area contributed by atoms with E-state index in [9.17, 15) is 0 Å². The third-order valence-corrected chi connectivity index (χ3v) is 2.39. The van der Waals surface area contributed by atoms with Gasteiger partial charge >= 0.3 is 0 Å². The van der Waals surface area contributed by atoms with Gasteiger partial charge < -0.3 is 5.73 Å². The van der Waals surface area contributed by atoms with Gasteiger partial charge in [0.05, 0.1) is 11.9 Å². The maximum absolute atomic E-state index is 5.92. The summed E-state index contributed by atoms with van der Waals surface area (Å²) in [5, 5.41) is 4.29. The molecule has 0 aliphatic heterocycles. The van der Waals surface area contributed by atoms with Crippen molar-refractivity contribution in [3.05, 3.63) is 47.8 Å². The molecule has 1 atom stereocenters. The standard InChI is InChI=1S/C12H15N3/c1-9-7-14-15(8-9)12-6-4-3-5-11(12)10(2)13/h3-8,10H,13H2,1-2H3. The van der Waals surface area contributed by atoms with E-state index in [4.69, 9.17) is 5.73 Å². The normalized spacial score (nSPS) is 12.7. The van der Waals surface area contributed by atoms with E-state index < -0.39 is 0 Å². The molecule has 0 saturated carbocycles. The van der Waals surface area contributed by atoms with Crippen molar-refractivity contribution < 1.29 is 0 Å². The predicted octanol–water partition coefficient (Wildman–Crippen LogP) is 2.20. The monoisotopic (exact) mass is 201 g/mol. The van der Waals surface area contributed by atoms with E-state index >= 15 is 0 Å². The third kappa shape index (κ3) is 1.92. The van der Waals surface area contributed by atoms with Crippen LogP contribution in [0.3, 0.4) is 0 Å². The third-order valence-electron chi connectivity index (χ3n) is 2.39. The first-order valence-electron chi connectivity index (χ1n) is 5.04. The first kappa shape index (κ1) is 9.93. The fourth-order valence-electron chi connectivity index (χ4n) is 1.63. The number of hydrogen-bond donors (Lipinski definition) is 1. The number of hydrogen-bond acceptors (Lipinski definition) is 2. The van der Waals surface area contributed by atoms with Gasteiger partial charge in [0.15, 0.2) is 0 Å². The highest BCUT2D eigenvalue weighted by Gasteiger charge is 2.07. The summed E-state index contributed by atoms with van der Waals surface area (Å²) in [6.45, 7) is 4.01. The molecule has 15 heavy (non-hydrogen) atoms. The molecule has 0 bridgehead atoms. The largest absolute Gasteiger partial charge is 0.324 e. The first-order valence-corrected chi connectivity index (χ1v) is 5.04. The molecule has 2 aromatic rings. The maximum atomic E-state index is 5.92. The molecular formula is C12H15N3. The van der Waals surface area contributed by atoms with Crippen LogP contribution in [-0.2, 0) is 0 Å². The first-order chi connectivity index (χ1) is 7.18. The molecule has 0 saturated heterocycles. The lowest BCUT2D eigenvalue weighted by Gasteiger charge is -2.11. The molecular weight excluding hydrogens is 186 g/mol. The molecule has 0 amide bonds. The lowest BCUT2D eigenvalue weighted by Crippen LogP contribution is -2.09. The number of nitrogens with two attached hydrogens (primary N) is 1. The number of para-hydroxylation sites is 1. The number of benzene rings is 1. The summed E-state index contributed by atoms with van der Waals surface area (Å²) < 4.78 is 1.87. The zero-order chi connectivity index (χ0) is 10.8. The van der Waals surface area contributed by atoms with E-state index in [2.05, 4.69) is 5.10 Å². The molecule has 3 nitrogen and oxygen atoms in total. The second kappa shape index (κ2) is 3.87. The highest BCUT2D eigenvalue weighted by Crippen LogP contribution is 2.19. The highest BCUT2D eigenvalue weighted by atomic mass is 15.3. The average molecular weight is 201 g/mol. The van der Waals surface area contributed by atoms with Crippen LogP contribution in [0.2, 0.25) is 0 Å². The van der Waals surface area contributed by atoms with E-state index in [0.717, 1.165) is 16.8 Å². The van der Waals surface area contributed by atoms with Gasteiger partial charge in [0, 0.05) is 12.2 Å². The molecule has 0 aliphatic carbocycles. The molecule has 1 heterocycles. The minimum Gasteiger partial charge on any atom is -0.324 e. The molecule has 1 aromatic carbocycles. The lowest BCUT2D eigenvalue weighted by molar-refractivity contribution is 0.781. The molecule has 2 N–H and O–H groups in total. The molecule has 0 fully saturated rings. The predicted molar refractivity (Wildman–Crippen MR) is 60.9 cm³/mol. The average Bonchev–Trinajstić information content (AvgIpc) is 2.65. The highest BCUT2D eigenvalue weighted by molar-refractivity contribution is 5.42. The van der Waals surface area contributed by atoms with Gasteiger partial charge in [-0.05, 0) is 31.0 Å². The number of aromatic nitrogens is 2. The summed E-state index contributed by atoms with van der Waals surface area (Å²) in [4.78, 5) is 0. The van der Waals surface area contributed by atoms with Crippen molar-refractivity contribution in [3.8, 4) is 5.69 Å². The van der Waals surface area contributed by atoms with Crippen LogP contribution in [0.1, 0.15) is 24.1 Å². The second-order valence-corrected chi connectivity index (χ2v) is 3.81. The Kier molecular flexibility index (Phi) is 2.56. The van der Waals surface area contributed by atoms with Crippen LogP contribution < -0.4 is 5.73 Å². The van der Waals surface area contributed by atoms with Crippen molar-refractivity contribution in [1.29, 1.82) is 0 Å². The van der Waals surface area contributed by atoms with Gasteiger partial charge in [0.25, 0.3) is 0 Å². The zero-order valence-electron chi connectivity index (χ0n) is 9.01. The lowest BCUT2D eigenvalue weighted by atomic mass is 10.1. The Morgan fingerprint density at radius 1 is 1.33 bits per heavy atom. The Hall–Kier alpha value is -1.61. The van der Waals surface area contributed by atoms with Crippen molar-refractivity contribution in [2.75, 3.05) is 0 Å². The fraction of sp³-hybridized carbons (Fsp3) is 0.250. The summed E-state index contributed by atoms with van der Waals surface area (Å²) in [5.41, 5.74) is 9.23. The van der Waals surface area contributed by atoms with Crippen LogP contribution in [0.15, 0.2) is 36.7 Å². The quantitative estimate of drug-likeness (QED) is 0.809.